The minimum Gasteiger partial charge on any atom is -0.493 e. The molecule has 0 fully saturated rings. The molecule has 19 heavy (non-hydrogen) atoms. The number of hydrogen-bond donors (Lipinski definition) is 1. The summed E-state index contributed by atoms with van der Waals surface area (Å²) in [6, 6.07) is 4.67. The lowest BCUT2D eigenvalue weighted by atomic mass is 10.1. The van der Waals surface area contributed by atoms with E-state index in [4.69, 9.17) is 10.5 Å². The fourth-order valence-electron chi connectivity index (χ4n) is 2.07. The van der Waals surface area contributed by atoms with E-state index in [1.165, 1.54) is 50.7 Å². The molecule has 0 aromatic heterocycles. The molecule has 0 spiro atoms. The molecule has 0 radical (unpaired) electrons. The van der Waals surface area contributed by atoms with Crippen molar-refractivity contribution in [1.82, 2.24) is 0 Å². The van der Waals surface area contributed by atoms with Crippen molar-refractivity contribution in [2.75, 3.05) is 6.61 Å². The van der Waals surface area contributed by atoms with Crippen molar-refractivity contribution in [3.05, 3.63) is 29.6 Å². The Balaban J connectivity index is 2.13. The number of hydrogen-bond acceptors (Lipinski definition) is 2. The molecule has 1 aromatic carbocycles. The Morgan fingerprint density at radius 2 is 1.68 bits per heavy atom. The molecule has 3 heteroatoms. The third-order valence-electron chi connectivity index (χ3n) is 3.18. The van der Waals surface area contributed by atoms with Gasteiger partial charge >= 0.3 is 0 Å². The van der Waals surface area contributed by atoms with Crippen LogP contribution in [0.4, 0.5) is 4.39 Å². The molecule has 0 aliphatic heterocycles. The van der Waals surface area contributed by atoms with E-state index in [0.29, 0.717) is 18.9 Å². The van der Waals surface area contributed by atoms with Crippen molar-refractivity contribution in [1.29, 1.82) is 0 Å². The van der Waals surface area contributed by atoms with Crippen molar-refractivity contribution in [3.63, 3.8) is 0 Å². The summed E-state index contributed by atoms with van der Waals surface area (Å²) in [6.45, 7) is 3.22. The van der Waals surface area contributed by atoms with Gasteiger partial charge in [-0.1, -0.05) is 45.4 Å². The van der Waals surface area contributed by atoms with Crippen LogP contribution in [0.5, 0.6) is 5.75 Å². The summed E-state index contributed by atoms with van der Waals surface area (Å²) in [7, 11) is 0. The molecule has 2 nitrogen and oxygen atoms in total. The van der Waals surface area contributed by atoms with Gasteiger partial charge in [-0.3, -0.25) is 0 Å². The Hall–Kier alpha value is -1.09. The molecule has 0 heterocycles. The van der Waals surface area contributed by atoms with Gasteiger partial charge < -0.3 is 10.5 Å². The number of rotatable bonds is 10. The van der Waals surface area contributed by atoms with Gasteiger partial charge in [0.05, 0.1) is 6.61 Å². The van der Waals surface area contributed by atoms with E-state index >= 15 is 0 Å². The van der Waals surface area contributed by atoms with Crippen molar-refractivity contribution in [2.45, 2.75) is 58.4 Å². The van der Waals surface area contributed by atoms with Crippen molar-refractivity contribution < 1.29 is 9.13 Å². The summed E-state index contributed by atoms with van der Waals surface area (Å²) in [5.41, 5.74) is 6.27. The van der Waals surface area contributed by atoms with E-state index in [9.17, 15) is 4.39 Å². The van der Waals surface area contributed by atoms with Gasteiger partial charge in [-0.25, -0.2) is 4.39 Å². The minimum absolute atomic E-state index is 0.280. The topological polar surface area (TPSA) is 35.2 Å². The van der Waals surface area contributed by atoms with Crippen LogP contribution in [0, 0.1) is 5.82 Å². The summed E-state index contributed by atoms with van der Waals surface area (Å²) in [5, 5.41) is 0. The van der Waals surface area contributed by atoms with Crippen molar-refractivity contribution in [2.24, 2.45) is 5.73 Å². The molecular formula is C16H26FNO. The van der Waals surface area contributed by atoms with Crippen LogP contribution in [0.2, 0.25) is 0 Å². The zero-order valence-corrected chi connectivity index (χ0v) is 12.0. The first kappa shape index (κ1) is 16.0. The normalized spacial score (nSPS) is 10.7. The molecule has 0 atom stereocenters. The molecule has 2 N–H and O–H groups in total. The molecule has 0 aliphatic rings. The second kappa shape index (κ2) is 9.79. The van der Waals surface area contributed by atoms with Gasteiger partial charge in [-0.2, -0.15) is 0 Å². The van der Waals surface area contributed by atoms with Gasteiger partial charge in [0.15, 0.2) is 0 Å². The van der Waals surface area contributed by atoms with E-state index in [1.807, 2.05) is 6.07 Å². The van der Waals surface area contributed by atoms with Crippen LogP contribution in [0.3, 0.4) is 0 Å². The highest BCUT2D eigenvalue weighted by Crippen LogP contribution is 2.17. The third-order valence-corrected chi connectivity index (χ3v) is 3.18. The van der Waals surface area contributed by atoms with Crippen LogP contribution in [0.25, 0.3) is 0 Å². The van der Waals surface area contributed by atoms with Crippen LogP contribution in [-0.4, -0.2) is 6.61 Å². The van der Waals surface area contributed by atoms with Gasteiger partial charge in [0.2, 0.25) is 0 Å². The average Bonchev–Trinajstić information content (AvgIpc) is 2.41. The average molecular weight is 267 g/mol. The van der Waals surface area contributed by atoms with Crippen LogP contribution >= 0.6 is 0 Å². The number of ether oxygens (including phenoxy) is 1. The molecule has 0 unspecified atom stereocenters. The number of benzene rings is 1. The summed E-state index contributed by atoms with van der Waals surface area (Å²) in [5.74, 6) is 0.309. The Morgan fingerprint density at radius 3 is 2.37 bits per heavy atom. The van der Waals surface area contributed by atoms with Gasteiger partial charge in [0.25, 0.3) is 0 Å². The van der Waals surface area contributed by atoms with E-state index in [0.717, 1.165) is 12.0 Å². The Morgan fingerprint density at radius 1 is 1.00 bits per heavy atom. The molecule has 1 aromatic rings. The second-order valence-electron chi connectivity index (χ2n) is 4.97. The first-order valence-corrected chi connectivity index (χ1v) is 7.38. The molecule has 0 amide bonds. The Bertz CT molecular complexity index is 355. The standard InChI is InChI=1S/C16H26FNO/c1-2-3-4-5-6-7-8-9-19-16-11-14(13-18)10-15(17)12-16/h10-12H,2-9,13,18H2,1H3. The van der Waals surface area contributed by atoms with Gasteiger partial charge in [0.1, 0.15) is 11.6 Å². The maximum atomic E-state index is 13.2. The van der Waals surface area contributed by atoms with Crippen LogP contribution < -0.4 is 10.5 Å². The molecule has 0 aliphatic carbocycles. The third kappa shape index (κ3) is 7.16. The first-order chi connectivity index (χ1) is 9.26. The van der Waals surface area contributed by atoms with Crippen molar-refractivity contribution in [3.8, 4) is 5.75 Å². The predicted octanol–water partition coefficient (Wildman–Crippen LogP) is 4.41. The van der Waals surface area contributed by atoms with E-state index in [-0.39, 0.29) is 5.82 Å². The van der Waals surface area contributed by atoms with Crippen LogP contribution in [0.15, 0.2) is 18.2 Å². The quantitative estimate of drug-likeness (QED) is 0.637. The fraction of sp³-hybridized carbons (Fsp3) is 0.625. The maximum absolute atomic E-state index is 13.2. The monoisotopic (exact) mass is 267 g/mol. The highest BCUT2D eigenvalue weighted by atomic mass is 19.1. The van der Waals surface area contributed by atoms with Crippen LogP contribution in [0.1, 0.15) is 57.4 Å². The zero-order valence-electron chi connectivity index (χ0n) is 12.0. The molecule has 108 valence electrons. The lowest BCUT2D eigenvalue weighted by Gasteiger charge is -2.08. The Labute approximate surface area is 116 Å². The number of nitrogens with two attached hydrogens (primary N) is 1. The SMILES string of the molecule is CCCCCCCCCOc1cc(F)cc(CN)c1. The summed E-state index contributed by atoms with van der Waals surface area (Å²) in [4.78, 5) is 0. The number of halogens is 1. The summed E-state index contributed by atoms with van der Waals surface area (Å²) >= 11 is 0. The Kier molecular flexibility index (Phi) is 8.23. The second-order valence-corrected chi connectivity index (χ2v) is 4.97. The lowest BCUT2D eigenvalue weighted by Crippen LogP contribution is -2.01. The predicted molar refractivity (Wildman–Crippen MR) is 77.8 cm³/mol. The number of unbranched alkanes of at least 4 members (excludes halogenated alkanes) is 6. The molecule has 0 bridgehead atoms. The summed E-state index contributed by atoms with van der Waals surface area (Å²) in [6.07, 6.45) is 8.74. The molecule has 0 saturated heterocycles. The van der Waals surface area contributed by atoms with E-state index < -0.39 is 0 Å². The fourth-order valence-corrected chi connectivity index (χ4v) is 2.07. The molecule has 0 saturated carbocycles. The molecular weight excluding hydrogens is 241 g/mol. The zero-order chi connectivity index (χ0) is 13.9. The van der Waals surface area contributed by atoms with Gasteiger partial charge in [-0.05, 0) is 24.1 Å². The largest absolute Gasteiger partial charge is 0.493 e. The van der Waals surface area contributed by atoms with Crippen molar-refractivity contribution >= 4 is 0 Å². The van der Waals surface area contributed by atoms with Gasteiger partial charge in [-0.15, -0.1) is 0 Å². The maximum Gasteiger partial charge on any atom is 0.127 e. The first-order valence-electron chi connectivity index (χ1n) is 7.38. The highest BCUT2D eigenvalue weighted by molar-refractivity contribution is 5.29. The lowest BCUT2D eigenvalue weighted by molar-refractivity contribution is 0.302. The smallest absolute Gasteiger partial charge is 0.127 e. The van der Waals surface area contributed by atoms with E-state index in [2.05, 4.69) is 6.92 Å². The molecule has 1 rings (SSSR count). The minimum atomic E-state index is -0.280. The van der Waals surface area contributed by atoms with Gasteiger partial charge in [0, 0.05) is 12.6 Å². The summed E-state index contributed by atoms with van der Waals surface area (Å²) < 4.78 is 18.8. The highest BCUT2D eigenvalue weighted by Gasteiger charge is 2.00. The van der Waals surface area contributed by atoms with E-state index in [1.54, 1.807) is 0 Å². The van der Waals surface area contributed by atoms with Crippen LogP contribution in [-0.2, 0) is 6.54 Å².